The lowest BCUT2D eigenvalue weighted by Crippen LogP contribution is -2.13. The van der Waals surface area contributed by atoms with Crippen LogP contribution in [0.3, 0.4) is 0 Å². The molecule has 0 unspecified atom stereocenters. The van der Waals surface area contributed by atoms with Gasteiger partial charge < -0.3 is 4.42 Å². The fourth-order valence-electron chi connectivity index (χ4n) is 2.12. The summed E-state index contributed by atoms with van der Waals surface area (Å²) in [7, 11) is 0. The SMILES string of the molecule is Cc1ccc(C)c(C(=O)Nc2nnc(-c3ccccc3)o2)c1. The molecule has 0 radical (unpaired) electrons. The number of carbonyl (C=O) groups excluding carboxylic acids is 1. The van der Waals surface area contributed by atoms with Gasteiger partial charge in [-0.05, 0) is 37.6 Å². The molecule has 0 bridgehead atoms. The van der Waals surface area contributed by atoms with Crippen LogP contribution in [0.5, 0.6) is 0 Å². The van der Waals surface area contributed by atoms with Crippen LogP contribution < -0.4 is 5.32 Å². The molecular weight excluding hydrogens is 278 g/mol. The van der Waals surface area contributed by atoms with Gasteiger partial charge in [0.1, 0.15) is 0 Å². The first-order chi connectivity index (χ1) is 10.6. The predicted molar refractivity (Wildman–Crippen MR) is 83.6 cm³/mol. The number of nitrogens with zero attached hydrogens (tertiary/aromatic N) is 2. The van der Waals surface area contributed by atoms with Gasteiger partial charge in [-0.3, -0.25) is 10.1 Å². The van der Waals surface area contributed by atoms with Crippen molar-refractivity contribution in [1.29, 1.82) is 0 Å². The van der Waals surface area contributed by atoms with Crippen molar-refractivity contribution in [3.8, 4) is 11.5 Å². The van der Waals surface area contributed by atoms with E-state index in [-0.39, 0.29) is 11.9 Å². The molecule has 1 N–H and O–H groups in total. The molecule has 0 saturated carbocycles. The zero-order valence-electron chi connectivity index (χ0n) is 12.3. The van der Waals surface area contributed by atoms with Gasteiger partial charge >= 0.3 is 6.01 Å². The van der Waals surface area contributed by atoms with Crippen LogP contribution in [-0.4, -0.2) is 16.1 Å². The number of aryl methyl sites for hydroxylation is 2. The zero-order valence-corrected chi connectivity index (χ0v) is 12.3. The number of rotatable bonds is 3. The first kappa shape index (κ1) is 14.0. The molecule has 5 heteroatoms. The Labute approximate surface area is 128 Å². The molecule has 5 nitrogen and oxygen atoms in total. The lowest BCUT2D eigenvalue weighted by molar-refractivity contribution is 0.102. The van der Waals surface area contributed by atoms with Crippen molar-refractivity contribution in [2.45, 2.75) is 13.8 Å². The molecular formula is C17H15N3O2. The van der Waals surface area contributed by atoms with Gasteiger partial charge in [0.25, 0.3) is 5.91 Å². The highest BCUT2D eigenvalue weighted by molar-refractivity contribution is 6.04. The maximum absolute atomic E-state index is 12.3. The third kappa shape index (κ3) is 2.88. The Hall–Kier alpha value is -2.95. The monoisotopic (exact) mass is 293 g/mol. The third-order valence-corrected chi connectivity index (χ3v) is 3.30. The van der Waals surface area contributed by atoms with Crippen molar-refractivity contribution in [3.63, 3.8) is 0 Å². The molecule has 0 saturated heterocycles. The number of hydrogen-bond donors (Lipinski definition) is 1. The van der Waals surface area contributed by atoms with E-state index in [1.807, 2.05) is 62.4 Å². The molecule has 0 atom stereocenters. The number of benzene rings is 2. The largest absolute Gasteiger partial charge is 0.403 e. The van der Waals surface area contributed by atoms with E-state index >= 15 is 0 Å². The number of carbonyl (C=O) groups is 1. The summed E-state index contributed by atoms with van der Waals surface area (Å²) in [6, 6.07) is 15.2. The van der Waals surface area contributed by atoms with Gasteiger partial charge in [-0.1, -0.05) is 41.0 Å². The Kier molecular flexibility index (Phi) is 3.70. The summed E-state index contributed by atoms with van der Waals surface area (Å²) in [5, 5.41) is 10.4. The summed E-state index contributed by atoms with van der Waals surface area (Å²) >= 11 is 0. The van der Waals surface area contributed by atoms with Gasteiger partial charge in [0.05, 0.1) is 0 Å². The standard InChI is InChI=1S/C17H15N3O2/c1-11-8-9-12(2)14(10-11)15(21)18-17-20-19-16(22-17)13-6-4-3-5-7-13/h3-10H,1-2H3,(H,18,20,21). The lowest BCUT2D eigenvalue weighted by Gasteiger charge is -2.05. The van der Waals surface area contributed by atoms with Gasteiger partial charge in [0, 0.05) is 11.1 Å². The second-order valence-corrected chi connectivity index (χ2v) is 5.05. The molecule has 1 aromatic heterocycles. The lowest BCUT2D eigenvalue weighted by atomic mass is 10.1. The van der Waals surface area contributed by atoms with Crippen molar-refractivity contribution in [2.75, 3.05) is 5.32 Å². The van der Waals surface area contributed by atoms with Crippen LogP contribution in [-0.2, 0) is 0 Å². The highest BCUT2D eigenvalue weighted by atomic mass is 16.4. The summed E-state index contributed by atoms with van der Waals surface area (Å²) < 4.78 is 5.48. The summed E-state index contributed by atoms with van der Waals surface area (Å²) in [4.78, 5) is 12.3. The van der Waals surface area contributed by atoms with Gasteiger partial charge in [0.15, 0.2) is 0 Å². The minimum atomic E-state index is -0.260. The number of hydrogen-bond acceptors (Lipinski definition) is 4. The van der Waals surface area contributed by atoms with Gasteiger partial charge in [-0.25, -0.2) is 0 Å². The van der Waals surface area contributed by atoms with Crippen LogP contribution in [0, 0.1) is 13.8 Å². The van der Waals surface area contributed by atoms with E-state index in [4.69, 9.17) is 4.42 Å². The van der Waals surface area contributed by atoms with E-state index in [0.717, 1.165) is 16.7 Å². The Bertz CT molecular complexity index is 810. The van der Waals surface area contributed by atoms with Crippen LogP contribution in [0.15, 0.2) is 52.9 Å². The van der Waals surface area contributed by atoms with Crippen LogP contribution in [0.1, 0.15) is 21.5 Å². The smallest absolute Gasteiger partial charge is 0.322 e. The van der Waals surface area contributed by atoms with E-state index in [1.165, 1.54) is 0 Å². The molecule has 1 heterocycles. The Balaban J connectivity index is 1.81. The maximum Gasteiger partial charge on any atom is 0.322 e. The van der Waals surface area contributed by atoms with Crippen molar-refractivity contribution >= 4 is 11.9 Å². The normalized spacial score (nSPS) is 10.5. The number of amides is 1. The molecule has 1 amide bonds. The highest BCUT2D eigenvalue weighted by Crippen LogP contribution is 2.20. The third-order valence-electron chi connectivity index (χ3n) is 3.30. The highest BCUT2D eigenvalue weighted by Gasteiger charge is 2.14. The molecule has 3 aromatic rings. The van der Waals surface area contributed by atoms with Crippen molar-refractivity contribution < 1.29 is 9.21 Å². The minimum absolute atomic E-state index is 0.0877. The van der Waals surface area contributed by atoms with Crippen molar-refractivity contribution in [3.05, 3.63) is 65.2 Å². The fourth-order valence-corrected chi connectivity index (χ4v) is 2.12. The van der Waals surface area contributed by atoms with E-state index < -0.39 is 0 Å². The molecule has 0 aliphatic carbocycles. The Morgan fingerprint density at radius 3 is 2.59 bits per heavy atom. The molecule has 22 heavy (non-hydrogen) atoms. The quantitative estimate of drug-likeness (QED) is 0.801. The summed E-state index contributed by atoms with van der Waals surface area (Å²) in [6.07, 6.45) is 0. The van der Waals surface area contributed by atoms with Crippen LogP contribution in [0.25, 0.3) is 11.5 Å². The Morgan fingerprint density at radius 1 is 1.05 bits per heavy atom. The van der Waals surface area contributed by atoms with Crippen LogP contribution in [0.4, 0.5) is 6.01 Å². The second kappa shape index (κ2) is 5.81. The van der Waals surface area contributed by atoms with E-state index in [2.05, 4.69) is 15.5 Å². The van der Waals surface area contributed by atoms with Gasteiger partial charge in [-0.2, -0.15) is 0 Å². The maximum atomic E-state index is 12.3. The first-order valence-corrected chi connectivity index (χ1v) is 6.91. The molecule has 0 fully saturated rings. The fraction of sp³-hybridized carbons (Fsp3) is 0.118. The van der Waals surface area contributed by atoms with E-state index in [1.54, 1.807) is 0 Å². The number of aromatic nitrogens is 2. The molecule has 3 rings (SSSR count). The predicted octanol–water partition coefficient (Wildman–Crippen LogP) is 3.61. The summed E-state index contributed by atoms with van der Waals surface area (Å²) in [5.41, 5.74) is 3.32. The van der Waals surface area contributed by atoms with E-state index in [0.29, 0.717) is 11.5 Å². The van der Waals surface area contributed by atoms with Gasteiger partial charge in [-0.15, -0.1) is 5.10 Å². The minimum Gasteiger partial charge on any atom is -0.403 e. The van der Waals surface area contributed by atoms with Gasteiger partial charge in [0.2, 0.25) is 5.89 Å². The summed E-state index contributed by atoms with van der Waals surface area (Å²) in [5.74, 6) is 0.112. The van der Waals surface area contributed by atoms with Crippen molar-refractivity contribution in [2.24, 2.45) is 0 Å². The second-order valence-electron chi connectivity index (χ2n) is 5.05. The zero-order chi connectivity index (χ0) is 15.5. The summed E-state index contributed by atoms with van der Waals surface area (Å²) in [6.45, 7) is 3.83. The number of nitrogens with one attached hydrogen (secondary N) is 1. The van der Waals surface area contributed by atoms with Crippen LogP contribution in [0.2, 0.25) is 0 Å². The Morgan fingerprint density at radius 2 is 1.82 bits per heavy atom. The molecule has 2 aromatic carbocycles. The molecule has 110 valence electrons. The average molecular weight is 293 g/mol. The van der Waals surface area contributed by atoms with Crippen molar-refractivity contribution in [1.82, 2.24) is 10.2 Å². The topological polar surface area (TPSA) is 68.0 Å². The van der Waals surface area contributed by atoms with E-state index in [9.17, 15) is 4.79 Å². The number of anilines is 1. The molecule has 0 aliphatic heterocycles. The molecule has 0 spiro atoms. The average Bonchev–Trinajstić information content (AvgIpc) is 2.99. The first-order valence-electron chi connectivity index (χ1n) is 6.91. The van der Waals surface area contributed by atoms with Crippen LogP contribution >= 0.6 is 0 Å². The molecule has 0 aliphatic rings.